The van der Waals surface area contributed by atoms with Crippen molar-refractivity contribution in [1.82, 2.24) is 10.2 Å². The van der Waals surface area contributed by atoms with Gasteiger partial charge in [-0.25, -0.2) is 0 Å². The molecule has 1 aliphatic heterocycles. The second kappa shape index (κ2) is 7.68. The van der Waals surface area contributed by atoms with E-state index in [-0.39, 0.29) is 6.04 Å². The summed E-state index contributed by atoms with van der Waals surface area (Å²) in [5, 5.41) is 2.86. The van der Waals surface area contributed by atoms with Crippen LogP contribution in [0.2, 0.25) is 0 Å². The standard InChI is InChI=1S/C19H24N2O4/c1-2-21-17(23)15(16(22)20-14-11-7-4-8-12-14)19(24)25-18(21)13-9-5-3-6-10-13/h3,5-6,9-10,14-15,18H,2,4,7-8,11-12H2,1H3,(H,20,22). The van der Waals surface area contributed by atoms with Gasteiger partial charge < -0.3 is 15.0 Å². The van der Waals surface area contributed by atoms with Gasteiger partial charge in [0, 0.05) is 18.2 Å². The molecular formula is C19H24N2O4. The van der Waals surface area contributed by atoms with Crippen molar-refractivity contribution in [3.8, 4) is 0 Å². The zero-order chi connectivity index (χ0) is 17.8. The van der Waals surface area contributed by atoms with E-state index in [0.29, 0.717) is 6.54 Å². The SMILES string of the molecule is CCN1C(=O)C(C(=O)NC2CCCCC2)C(=O)OC1c1ccccc1. The van der Waals surface area contributed by atoms with Crippen LogP contribution in [0.4, 0.5) is 0 Å². The summed E-state index contributed by atoms with van der Waals surface area (Å²) in [5.74, 6) is -3.19. The lowest BCUT2D eigenvalue weighted by atomic mass is 9.94. The van der Waals surface area contributed by atoms with Crippen LogP contribution in [0.3, 0.4) is 0 Å². The first-order valence-corrected chi connectivity index (χ1v) is 8.98. The Bertz CT molecular complexity index is 640. The molecule has 0 aromatic heterocycles. The van der Waals surface area contributed by atoms with Gasteiger partial charge in [0.05, 0.1) is 0 Å². The number of hydrogen-bond donors (Lipinski definition) is 1. The van der Waals surface area contributed by atoms with Gasteiger partial charge in [-0.3, -0.25) is 14.4 Å². The lowest BCUT2D eigenvalue weighted by Crippen LogP contribution is -2.55. The number of benzene rings is 1. The van der Waals surface area contributed by atoms with Crippen molar-refractivity contribution in [2.45, 2.75) is 51.3 Å². The summed E-state index contributed by atoms with van der Waals surface area (Å²) >= 11 is 0. The molecule has 0 spiro atoms. The molecule has 1 saturated heterocycles. The highest BCUT2D eigenvalue weighted by Gasteiger charge is 2.47. The first-order chi connectivity index (χ1) is 12.1. The predicted molar refractivity (Wildman–Crippen MR) is 91.2 cm³/mol. The number of carbonyl (C=O) groups is 3. The van der Waals surface area contributed by atoms with Crippen LogP contribution in [0.15, 0.2) is 30.3 Å². The highest BCUT2D eigenvalue weighted by molar-refractivity contribution is 6.16. The van der Waals surface area contributed by atoms with Gasteiger partial charge in [0.2, 0.25) is 24.0 Å². The average molecular weight is 344 g/mol. The molecule has 2 fully saturated rings. The van der Waals surface area contributed by atoms with Gasteiger partial charge in [-0.2, -0.15) is 0 Å². The van der Waals surface area contributed by atoms with Crippen molar-refractivity contribution in [3.63, 3.8) is 0 Å². The second-order valence-corrected chi connectivity index (χ2v) is 6.60. The van der Waals surface area contributed by atoms with Crippen LogP contribution in [0.25, 0.3) is 0 Å². The number of cyclic esters (lactones) is 1. The number of nitrogens with one attached hydrogen (secondary N) is 1. The maximum absolute atomic E-state index is 12.8. The predicted octanol–water partition coefficient (Wildman–Crippen LogP) is 2.16. The van der Waals surface area contributed by atoms with Gasteiger partial charge in [-0.05, 0) is 19.8 Å². The first-order valence-electron chi connectivity index (χ1n) is 8.98. The maximum Gasteiger partial charge on any atom is 0.330 e. The fraction of sp³-hybridized carbons (Fsp3) is 0.526. The monoisotopic (exact) mass is 344 g/mol. The molecule has 1 N–H and O–H groups in total. The van der Waals surface area contributed by atoms with Crippen molar-refractivity contribution in [2.24, 2.45) is 5.92 Å². The normalized spacial score (nSPS) is 24.8. The minimum absolute atomic E-state index is 0.0452. The largest absolute Gasteiger partial charge is 0.436 e. The molecule has 2 amide bonds. The molecule has 6 heteroatoms. The lowest BCUT2D eigenvalue weighted by Gasteiger charge is -2.37. The molecule has 1 aromatic rings. The van der Waals surface area contributed by atoms with Crippen LogP contribution in [-0.2, 0) is 19.1 Å². The summed E-state index contributed by atoms with van der Waals surface area (Å²) in [6.07, 6.45) is 4.30. The van der Waals surface area contributed by atoms with E-state index in [1.807, 2.05) is 25.1 Å². The van der Waals surface area contributed by atoms with Gasteiger partial charge in [0.25, 0.3) is 0 Å². The van der Waals surface area contributed by atoms with Crippen molar-refractivity contribution in [2.75, 3.05) is 6.54 Å². The summed E-state index contributed by atoms with van der Waals surface area (Å²) in [6, 6.07) is 9.15. The van der Waals surface area contributed by atoms with E-state index in [4.69, 9.17) is 4.74 Å². The van der Waals surface area contributed by atoms with Gasteiger partial charge in [0.15, 0.2) is 0 Å². The molecule has 0 radical (unpaired) electrons. The van der Waals surface area contributed by atoms with E-state index in [9.17, 15) is 14.4 Å². The highest BCUT2D eigenvalue weighted by Crippen LogP contribution is 2.30. The van der Waals surface area contributed by atoms with Crippen molar-refractivity contribution >= 4 is 17.8 Å². The molecule has 1 saturated carbocycles. The number of amides is 2. The third-order valence-corrected chi connectivity index (χ3v) is 4.92. The van der Waals surface area contributed by atoms with Crippen LogP contribution < -0.4 is 5.32 Å². The van der Waals surface area contributed by atoms with Gasteiger partial charge >= 0.3 is 5.97 Å². The van der Waals surface area contributed by atoms with Gasteiger partial charge in [-0.15, -0.1) is 0 Å². The minimum Gasteiger partial charge on any atom is -0.436 e. The Hall–Kier alpha value is -2.37. The Morgan fingerprint density at radius 2 is 1.84 bits per heavy atom. The Balaban J connectivity index is 1.75. The van der Waals surface area contributed by atoms with E-state index in [1.54, 1.807) is 12.1 Å². The van der Waals surface area contributed by atoms with E-state index >= 15 is 0 Å². The summed E-state index contributed by atoms with van der Waals surface area (Å²) in [6.45, 7) is 2.17. The van der Waals surface area contributed by atoms with Crippen molar-refractivity contribution < 1.29 is 19.1 Å². The number of ether oxygens (including phenoxy) is 1. The van der Waals surface area contributed by atoms with Crippen LogP contribution in [0.1, 0.15) is 50.8 Å². The third-order valence-electron chi connectivity index (χ3n) is 4.92. The highest BCUT2D eigenvalue weighted by atomic mass is 16.6. The molecule has 3 rings (SSSR count). The molecule has 2 aliphatic rings. The Kier molecular flexibility index (Phi) is 5.36. The maximum atomic E-state index is 12.8. The number of carbonyl (C=O) groups excluding carboxylic acids is 3. The van der Waals surface area contributed by atoms with E-state index < -0.39 is 29.9 Å². The minimum atomic E-state index is -1.40. The summed E-state index contributed by atoms with van der Waals surface area (Å²) < 4.78 is 5.47. The van der Waals surface area contributed by atoms with Crippen molar-refractivity contribution in [3.05, 3.63) is 35.9 Å². The zero-order valence-electron chi connectivity index (χ0n) is 14.4. The molecule has 1 aromatic carbocycles. The smallest absolute Gasteiger partial charge is 0.330 e. The zero-order valence-corrected chi connectivity index (χ0v) is 14.4. The fourth-order valence-corrected chi connectivity index (χ4v) is 3.56. The molecule has 1 heterocycles. The Labute approximate surface area is 147 Å². The number of rotatable bonds is 4. The van der Waals surface area contributed by atoms with Gasteiger partial charge in [0.1, 0.15) is 0 Å². The Morgan fingerprint density at radius 1 is 1.16 bits per heavy atom. The van der Waals surface area contributed by atoms with Crippen LogP contribution in [0.5, 0.6) is 0 Å². The topological polar surface area (TPSA) is 75.7 Å². The Morgan fingerprint density at radius 3 is 2.48 bits per heavy atom. The quantitative estimate of drug-likeness (QED) is 0.671. The number of hydrogen-bond acceptors (Lipinski definition) is 4. The molecular weight excluding hydrogens is 320 g/mol. The van der Waals surface area contributed by atoms with E-state index in [2.05, 4.69) is 5.32 Å². The third kappa shape index (κ3) is 3.67. The second-order valence-electron chi connectivity index (χ2n) is 6.60. The lowest BCUT2D eigenvalue weighted by molar-refractivity contribution is -0.188. The molecule has 134 valence electrons. The summed E-state index contributed by atoms with van der Waals surface area (Å²) in [4.78, 5) is 39.2. The fourth-order valence-electron chi connectivity index (χ4n) is 3.56. The van der Waals surface area contributed by atoms with E-state index in [1.165, 1.54) is 11.3 Å². The molecule has 6 nitrogen and oxygen atoms in total. The molecule has 25 heavy (non-hydrogen) atoms. The summed E-state index contributed by atoms with van der Waals surface area (Å²) in [7, 11) is 0. The number of nitrogens with zero attached hydrogens (tertiary/aromatic N) is 1. The number of esters is 1. The molecule has 2 atom stereocenters. The first kappa shape index (κ1) is 17.5. The van der Waals surface area contributed by atoms with E-state index in [0.717, 1.165) is 31.2 Å². The molecule has 0 bridgehead atoms. The van der Waals surface area contributed by atoms with Gasteiger partial charge in [-0.1, -0.05) is 49.6 Å². The summed E-state index contributed by atoms with van der Waals surface area (Å²) in [5.41, 5.74) is 0.720. The van der Waals surface area contributed by atoms with Crippen LogP contribution in [0, 0.1) is 5.92 Å². The molecule has 2 unspecified atom stereocenters. The van der Waals surface area contributed by atoms with Crippen molar-refractivity contribution in [1.29, 1.82) is 0 Å². The average Bonchev–Trinajstić information content (AvgIpc) is 2.63. The van der Waals surface area contributed by atoms with Crippen LogP contribution in [-0.4, -0.2) is 35.3 Å². The van der Waals surface area contributed by atoms with Crippen LogP contribution >= 0.6 is 0 Å². The molecule has 1 aliphatic carbocycles.